The molecule has 5 nitrogen and oxygen atoms in total. The molecule has 138 valence electrons. The summed E-state index contributed by atoms with van der Waals surface area (Å²) in [4.78, 5) is 5.40. The summed E-state index contributed by atoms with van der Waals surface area (Å²) in [6, 6.07) is 0.739. The molecule has 0 aromatic heterocycles. The summed E-state index contributed by atoms with van der Waals surface area (Å²) < 4.78 is 11.8. The molecule has 1 N–H and O–H groups in total. The molecule has 1 saturated carbocycles. The van der Waals surface area contributed by atoms with Crippen molar-refractivity contribution in [1.82, 2.24) is 15.1 Å². The molecule has 0 unspecified atom stereocenters. The first-order valence-electron chi connectivity index (χ1n) is 10.1. The Bertz CT molecular complexity index is 399. The zero-order valence-corrected chi connectivity index (χ0v) is 15.3. The molecule has 0 bridgehead atoms. The number of methoxy groups -OCH3 is 1. The molecule has 1 aliphatic carbocycles. The molecule has 0 amide bonds. The van der Waals surface area contributed by atoms with Crippen LogP contribution in [0, 0.1) is 5.92 Å². The Hall–Kier alpha value is -0.200. The van der Waals surface area contributed by atoms with E-state index in [9.17, 15) is 0 Å². The van der Waals surface area contributed by atoms with E-state index < -0.39 is 0 Å². The summed E-state index contributed by atoms with van der Waals surface area (Å²) in [6.07, 6.45) is 8.08. The molecule has 3 saturated heterocycles. The van der Waals surface area contributed by atoms with Crippen LogP contribution in [0.1, 0.15) is 38.5 Å². The van der Waals surface area contributed by atoms with Crippen LogP contribution in [0.3, 0.4) is 0 Å². The second kappa shape index (κ2) is 7.58. The highest BCUT2D eigenvalue weighted by Crippen LogP contribution is 2.35. The fourth-order valence-electron chi connectivity index (χ4n) is 5.09. The Morgan fingerprint density at radius 3 is 2.58 bits per heavy atom. The summed E-state index contributed by atoms with van der Waals surface area (Å²) in [7, 11) is 1.85. The van der Waals surface area contributed by atoms with Crippen LogP contribution in [0.2, 0.25) is 0 Å². The fourth-order valence-corrected chi connectivity index (χ4v) is 5.09. The molecular weight excluding hydrogens is 302 g/mol. The van der Waals surface area contributed by atoms with Gasteiger partial charge in [0.2, 0.25) is 0 Å². The van der Waals surface area contributed by atoms with Crippen molar-refractivity contribution in [3.63, 3.8) is 0 Å². The highest BCUT2D eigenvalue weighted by molar-refractivity contribution is 4.97. The lowest BCUT2D eigenvalue weighted by Crippen LogP contribution is -2.61. The molecule has 3 heterocycles. The predicted molar refractivity (Wildman–Crippen MR) is 95.3 cm³/mol. The van der Waals surface area contributed by atoms with Gasteiger partial charge in [0, 0.05) is 45.9 Å². The van der Waals surface area contributed by atoms with Gasteiger partial charge >= 0.3 is 0 Å². The highest BCUT2D eigenvalue weighted by atomic mass is 16.5. The van der Waals surface area contributed by atoms with Crippen molar-refractivity contribution in [2.45, 2.75) is 56.3 Å². The van der Waals surface area contributed by atoms with Gasteiger partial charge in [-0.05, 0) is 57.5 Å². The number of nitrogens with zero attached hydrogens (tertiary/aromatic N) is 2. The van der Waals surface area contributed by atoms with Crippen molar-refractivity contribution in [3.8, 4) is 0 Å². The molecule has 24 heavy (non-hydrogen) atoms. The Kier molecular flexibility index (Phi) is 5.44. The Morgan fingerprint density at radius 1 is 1.12 bits per heavy atom. The van der Waals surface area contributed by atoms with Gasteiger partial charge in [0.1, 0.15) is 0 Å². The zero-order valence-electron chi connectivity index (χ0n) is 15.3. The number of rotatable bonds is 4. The van der Waals surface area contributed by atoms with Crippen LogP contribution in [0.25, 0.3) is 0 Å². The van der Waals surface area contributed by atoms with Gasteiger partial charge in [-0.2, -0.15) is 0 Å². The topological polar surface area (TPSA) is 37.0 Å². The van der Waals surface area contributed by atoms with Crippen molar-refractivity contribution in [3.05, 3.63) is 0 Å². The number of hydrogen-bond donors (Lipinski definition) is 1. The SMILES string of the molecule is COC1CC(N2CCOC3(CCN(CC4CCNCC4)CC3)C2)C1. The molecule has 0 aromatic rings. The predicted octanol–water partition coefficient (Wildman–Crippen LogP) is 1.33. The minimum absolute atomic E-state index is 0.140. The number of likely N-dealkylation sites (tertiary alicyclic amines) is 1. The van der Waals surface area contributed by atoms with E-state index in [1.807, 2.05) is 7.11 Å². The summed E-state index contributed by atoms with van der Waals surface area (Å²) in [5.41, 5.74) is 0.140. The Morgan fingerprint density at radius 2 is 1.88 bits per heavy atom. The lowest BCUT2D eigenvalue weighted by molar-refractivity contribution is -0.159. The largest absolute Gasteiger partial charge is 0.381 e. The summed E-state index contributed by atoms with van der Waals surface area (Å²) in [5, 5.41) is 3.48. The van der Waals surface area contributed by atoms with Crippen LogP contribution in [-0.4, -0.2) is 87.1 Å². The second-order valence-corrected chi connectivity index (χ2v) is 8.48. The van der Waals surface area contributed by atoms with Crippen LogP contribution >= 0.6 is 0 Å². The van der Waals surface area contributed by atoms with Crippen LogP contribution in [0.15, 0.2) is 0 Å². The monoisotopic (exact) mass is 337 g/mol. The maximum absolute atomic E-state index is 6.34. The first-order valence-corrected chi connectivity index (χ1v) is 10.1. The molecule has 0 atom stereocenters. The van der Waals surface area contributed by atoms with Gasteiger partial charge < -0.3 is 19.7 Å². The van der Waals surface area contributed by atoms with Gasteiger partial charge in [0.15, 0.2) is 0 Å². The van der Waals surface area contributed by atoms with Gasteiger partial charge in [-0.25, -0.2) is 0 Å². The third-order valence-corrected chi connectivity index (χ3v) is 6.94. The number of hydrogen-bond acceptors (Lipinski definition) is 5. The maximum atomic E-state index is 6.34. The molecule has 0 radical (unpaired) electrons. The molecule has 4 fully saturated rings. The zero-order chi connectivity index (χ0) is 16.4. The van der Waals surface area contributed by atoms with E-state index in [1.54, 1.807) is 0 Å². The molecular formula is C19H35N3O2. The number of piperidine rings is 2. The molecule has 1 spiro atoms. The third kappa shape index (κ3) is 3.80. The van der Waals surface area contributed by atoms with E-state index in [1.165, 1.54) is 71.2 Å². The molecule has 4 aliphatic rings. The van der Waals surface area contributed by atoms with Gasteiger partial charge in [0.25, 0.3) is 0 Å². The van der Waals surface area contributed by atoms with E-state index in [-0.39, 0.29) is 5.60 Å². The van der Waals surface area contributed by atoms with Gasteiger partial charge in [-0.3, -0.25) is 4.90 Å². The van der Waals surface area contributed by atoms with E-state index >= 15 is 0 Å². The van der Waals surface area contributed by atoms with Crippen molar-refractivity contribution in [1.29, 1.82) is 0 Å². The first kappa shape index (κ1) is 17.2. The van der Waals surface area contributed by atoms with Crippen molar-refractivity contribution >= 4 is 0 Å². The number of ether oxygens (including phenoxy) is 2. The van der Waals surface area contributed by atoms with E-state index in [0.717, 1.165) is 31.7 Å². The van der Waals surface area contributed by atoms with Gasteiger partial charge in [-0.1, -0.05) is 0 Å². The molecule has 5 heteroatoms. The first-order chi connectivity index (χ1) is 11.8. The summed E-state index contributed by atoms with van der Waals surface area (Å²) >= 11 is 0. The Balaban J connectivity index is 1.24. The quantitative estimate of drug-likeness (QED) is 0.838. The maximum Gasteiger partial charge on any atom is 0.0833 e. The molecule has 3 aliphatic heterocycles. The molecule has 0 aromatic carbocycles. The lowest BCUT2D eigenvalue weighted by atomic mass is 9.83. The fraction of sp³-hybridized carbons (Fsp3) is 1.00. The van der Waals surface area contributed by atoms with Crippen molar-refractivity contribution in [2.75, 3.05) is 59.5 Å². The number of morpholine rings is 1. The second-order valence-electron chi connectivity index (χ2n) is 8.48. The summed E-state index contributed by atoms with van der Waals surface area (Å²) in [5.74, 6) is 0.907. The highest BCUT2D eigenvalue weighted by Gasteiger charge is 2.44. The van der Waals surface area contributed by atoms with E-state index in [4.69, 9.17) is 9.47 Å². The lowest BCUT2D eigenvalue weighted by Gasteiger charge is -2.52. The summed E-state index contributed by atoms with van der Waals surface area (Å²) in [6.45, 7) is 9.36. The van der Waals surface area contributed by atoms with E-state index in [0.29, 0.717) is 6.10 Å². The average molecular weight is 338 g/mol. The van der Waals surface area contributed by atoms with Crippen molar-refractivity contribution < 1.29 is 9.47 Å². The van der Waals surface area contributed by atoms with Gasteiger partial charge in [-0.15, -0.1) is 0 Å². The molecule has 4 rings (SSSR count). The third-order valence-electron chi connectivity index (χ3n) is 6.94. The standard InChI is InChI=1S/C19H35N3O2/c1-23-18-12-17(13-18)22-10-11-24-19(15-22)4-8-21(9-5-19)14-16-2-6-20-7-3-16/h16-18,20H,2-15H2,1H3. The Labute approximate surface area is 147 Å². The van der Waals surface area contributed by atoms with E-state index in [2.05, 4.69) is 15.1 Å². The van der Waals surface area contributed by atoms with Crippen LogP contribution in [0.5, 0.6) is 0 Å². The van der Waals surface area contributed by atoms with Crippen molar-refractivity contribution in [2.24, 2.45) is 5.92 Å². The van der Waals surface area contributed by atoms with Crippen LogP contribution in [0.4, 0.5) is 0 Å². The average Bonchev–Trinajstić information content (AvgIpc) is 2.58. The number of nitrogens with one attached hydrogen (secondary N) is 1. The smallest absolute Gasteiger partial charge is 0.0833 e. The minimum Gasteiger partial charge on any atom is -0.381 e. The van der Waals surface area contributed by atoms with Crippen LogP contribution < -0.4 is 5.32 Å². The minimum atomic E-state index is 0.140. The van der Waals surface area contributed by atoms with Gasteiger partial charge in [0.05, 0.1) is 18.3 Å². The normalized spacial score (nSPS) is 35.9. The van der Waals surface area contributed by atoms with Crippen LogP contribution in [-0.2, 0) is 9.47 Å².